The standard InChI is InChI=1S/C15H22ClNO3/c1-10-8-12(16)6-7-13(10)20-11(2)14(18)17(5)9-15(3,4)19/h6-8,11,19H,9H2,1-5H3. The Kier molecular flexibility index (Phi) is 5.42. The summed E-state index contributed by atoms with van der Waals surface area (Å²) in [6.07, 6.45) is -0.623. The van der Waals surface area contributed by atoms with E-state index in [-0.39, 0.29) is 12.5 Å². The number of halogens is 1. The molecule has 0 aliphatic rings. The van der Waals surface area contributed by atoms with E-state index >= 15 is 0 Å². The Morgan fingerprint density at radius 3 is 2.60 bits per heavy atom. The summed E-state index contributed by atoms with van der Waals surface area (Å²) in [4.78, 5) is 13.6. The van der Waals surface area contributed by atoms with E-state index in [4.69, 9.17) is 16.3 Å². The zero-order valence-corrected chi connectivity index (χ0v) is 13.4. The van der Waals surface area contributed by atoms with E-state index in [0.29, 0.717) is 10.8 Å². The number of benzene rings is 1. The van der Waals surface area contributed by atoms with Crippen LogP contribution in [0.3, 0.4) is 0 Å². The predicted octanol–water partition coefficient (Wildman–Crippen LogP) is 2.65. The van der Waals surface area contributed by atoms with E-state index in [9.17, 15) is 9.90 Å². The number of likely N-dealkylation sites (N-methyl/N-ethyl adjacent to an activating group) is 1. The number of aliphatic hydroxyl groups is 1. The summed E-state index contributed by atoms with van der Waals surface area (Å²) in [5, 5.41) is 10.4. The second-order valence-corrected chi connectivity index (χ2v) is 6.11. The molecule has 4 nitrogen and oxygen atoms in total. The van der Waals surface area contributed by atoms with Crippen LogP contribution in [0.5, 0.6) is 5.75 Å². The van der Waals surface area contributed by atoms with E-state index in [1.807, 2.05) is 6.92 Å². The van der Waals surface area contributed by atoms with Gasteiger partial charge >= 0.3 is 0 Å². The van der Waals surface area contributed by atoms with Gasteiger partial charge in [0, 0.05) is 18.6 Å². The lowest BCUT2D eigenvalue weighted by Gasteiger charge is -2.28. The van der Waals surface area contributed by atoms with Gasteiger partial charge < -0.3 is 14.7 Å². The highest BCUT2D eigenvalue weighted by Gasteiger charge is 2.24. The minimum atomic E-state index is -0.930. The number of hydrogen-bond donors (Lipinski definition) is 1. The number of carbonyl (C=O) groups excluding carboxylic acids is 1. The molecule has 0 aliphatic heterocycles. The van der Waals surface area contributed by atoms with E-state index in [1.54, 1.807) is 46.0 Å². The molecule has 1 N–H and O–H groups in total. The molecule has 0 fully saturated rings. The van der Waals surface area contributed by atoms with E-state index in [2.05, 4.69) is 0 Å². The van der Waals surface area contributed by atoms with Crippen LogP contribution in [0, 0.1) is 6.92 Å². The van der Waals surface area contributed by atoms with Crippen molar-refractivity contribution in [1.29, 1.82) is 0 Å². The third kappa shape index (κ3) is 5.02. The third-order valence-corrected chi connectivity index (χ3v) is 3.02. The van der Waals surface area contributed by atoms with Crippen molar-refractivity contribution < 1.29 is 14.6 Å². The lowest BCUT2D eigenvalue weighted by Crippen LogP contribution is -2.44. The Bertz CT molecular complexity index is 482. The molecule has 1 unspecified atom stereocenters. The third-order valence-electron chi connectivity index (χ3n) is 2.79. The average Bonchev–Trinajstić information content (AvgIpc) is 2.29. The Labute approximate surface area is 125 Å². The number of ether oxygens (including phenoxy) is 1. The molecule has 112 valence electrons. The summed E-state index contributed by atoms with van der Waals surface area (Å²) in [5.41, 5.74) is -0.0531. The van der Waals surface area contributed by atoms with Crippen LogP contribution in [0.15, 0.2) is 18.2 Å². The molecule has 1 aromatic carbocycles. The maximum atomic E-state index is 12.2. The quantitative estimate of drug-likeness (QED) is 0.909. The average molecular weight is 300 g/mol. The lowest BCUT2D eigenvalue weighted by atomic mass is 10.1. The fraction of sp³-hybridized carbons (Fsp3) is 0.533. The van der Waals surface area contributed by atoms with Crippen molar-refractivity contribution in [1.82, 2.24) is 4.90 Å². The molecule has 0 radical (unpaired) electrons. The van der Waals surface area contributed by atoms with Gasteiger partial charge in [-0.15, -0.1) is 0 Å². The van der Waals surface area contributed by atoms with Gasteiger partial charge in [0.2, 0.25) is 0 Å². The van der Waals surface area contributed by atoms with Crippen molar-refractivity contribution in [2.75, 3.05) is 13.6 Å². The topological polar surface area (TPSA) is 49.8 Å². The predicted molar refractivity (Wildman–Crippen MR) is 80.2 cm³/mol. The summed E-state index contributed by atoms with van der Waals surface area (Å²) in [6.45, 7) is 7.13. The molecule has 0 saturated heterocycles. The smallest absolute Gasteiger partial charge is 0.263 e. The van der Waals surface area contributed by atoms with Crippen molar-refractivity contribution in [3.8, 4) is 5.75 Å². The van der Waals surface area contributed by atoms with Crippen molar-refractivity contribution in [2.24, 2.45) is 0 Å². The number of hydrogen-bond acceptors (Lipinski definition) is 3. The molecule has 0 spiro atoms. The zero-order chi connectivity index (χ0) is 15.5. The zero-order valence-electron chi connectivity index (χ0n) is 12.6. The van der Waals surface area contributed by atoms with Gasteiger partial charge in [-0.2, -0.15) is 0 Å². The number of aryl methyl sites for hydroxylation is 1. The number of amides is 1. The van der Waals surface area contributed by atoms with Crippen molar-refractivity contribution in [2.45, 2.75) is 39.4 Å². The number of carbonyl (C=O) groups is 1. The Balaban J connectivity index is 2.70. The van der Waals surface area contributed by atoms with Crippen LogP contribution in [0.1, 0.15) is 26.3 Å². The monoisotopic (exact) mass is 299 g/mol. The first kappa shape index (κ1) is 16.8. The van der Waals surface area contributed by atoms with E-state index in [1.165, 1.54) is 4.90 Å². The summed E-state index contributed by atoms with van der Waals surface area (Å²) in [5.74, 6) is 0.452. The molecule has 1 amide bonds. The second-order valence-electron chi connectivity index (χ2n) is 5.68. The molecule has 1 atom stereocenters. The first-order valence-corrected chi connectivity index (χ1v) is 6.88. The molecule has 1 rings (SSSR count). The molecule has 0 aliphatic carbocycles. The van der Waals surface area contributed by atoms with Gasteiger partial charge in [-0.05, 0) is 51.5 Å². The number of nitrogens with zero attached hydrogens (tertiary/aromatic N) is 1. The summed E-state index contributed by atoms with van der Waals surface area (Å²) in [7, 11) is 1.65. The van der Waals surface area contributed by atoms with E-state index < -0.39 is 11.7 Å². The van der Waals surface area contributed by atoms with Crippen molar-refractivity contribution in [3.05, 3.63) is 28.8 Å². The van der Waals surface area contributed by atoms with Gasteiger partial charge in [-0.3, -0.25) is 4.79 Å². The van der Waals surface area contributed by atoms with Crippen LogP contribution in [-0.4, -0.2) is 41.2 Å². The highest BCUT2D eigenvalue weighted by Crippen LogP contribution is 2.23. The van der Waals surface area contributed by atoms with Crippen LogP contribution < -0.4 is 4.74 Å². The fourth-order valence-electron chi connectivity index (χ4n) is 1.95. The summed E-state index contributed by atoms with van der Waals surface area (Å²) in [6, 6.07) is 5.26. The van der Waals surface area contributed by atoms with Gasteiger partial charge in [0.05, 0.1) is 5.60 Å². The largest absolute Gasteiger partial charge is 0.481 e. The minimum Gasteiger partial charge on any atom is -0.481 e. The van der Waals surface area contributed by atoms with Crippen LogP contribution in [0.25, 0.3) is 0 Å². The van der Waals surface area contributed by atoms with Crippen LogP contribution in [-0.2, 0) is 4.79 Å². The molecule has 0 saturated carbocycles. The van der Waals surface area contributed by atoms with Gasteiger partial charge in [-0.25, -0.2) is 0 Å². The Morgan fingerprint density at radius 1 is 1.50 bits per heavy atom. The fourth-order valence-corrected chi connectivity index (χ4v) is 2.18. The molecular formula is C15H22ClNO3. The van der Waals surface area contributed by atoms with Crippen LogP contribution >= 0.6 is 11.6 Å². The molecule has 0 bridgehead atoms. The summed E-state index contributed by atoms with van der Waals surface area (Å²) >= 11 is 5.88. The Hall–Kier alpha value is -1.26. The molecule has 5 heteroatoms. The van der Waals surface area contributed by atoms with Crippen LogP contribution in [0.4, 0.5) is 0 Å². The molecule has 1 aromatic rings. The maximum absolute atomic E-state index is 12.2. The maximum Gasteiger partial charge on any atom is 0.263 e. The summed E-state index contributed by atoms with van der Waals surface area (Å²) < 4.78 is 5.67. The molecule has 0 heterocycles. The van der Waals surface area contributed by atoms with Gasteiger partial charge in [0.25, 0.3) is 5.91 Å². The molecular weight excluding hydrogens is 278 g/mol. The van der Waals surface area contributed by atoms with Gasteiger partial charge in [0.15, 0.2) is 6.10 Å². The SMILES string of the molecule is Cc1cc(Cl)ccc1OC(C)C(=O)N(C)CC(C)(C)O. The first-order chi connectivity index (χ1) is 9.10. The second kappa shape index (κ2) is 6.46. The normalized spacial score (nSPS) is 12.9. The lowest BCUT2D eigenvalue weighted by molar-refractivity contribution is -0.139. The highest BCUT2D eigenvalue weighted by atomic mass is 35.5. The first-order valence-electron chi connectivity index (χ1n) is 6.50. The van der Waals surface area contributed by atoms with Crippen molar-refractivity contribution >= 4 is 17.5 Å². The molecule has 0 aromatic heterocycles. The number of rotatable bonds is 5. The van der Waals surface area contributed by atoms with E-state index in [0.717, 1.165) is 5.56 Å². The van der Waals surface area contributed by atoms with Gasteiger partial charge in [-0.1, -0.05) is 11.6 Å². The van der Waals surface area contributed by atoms with Crippen molar-refractivity contribution in [3.63, 3.8) is 0 Å². The molecule has 20 heavy (non-hydrogen) atoms. The Morgan fingerprint density at radius 2 is 2.10 bits per heavy atom. The van der Waals surface area contributed by atoms with Crippen LogP contribution in [0.2, 0.25) is 5.02 Å². The minimum absolute atomic E-state index is 0.179. The van der Waals surface area contributed by atoms with Gasteiger partial charge in [0.1, 0.15) is 5.75 Å². The highest BCUT2D eigenvalue weighted by molar-refractivity contribution is 6.30.